The Morgan fingerprint density at radius 3 is 2.53 bits per heavy atom. The molecule has 0 spiro atoms. The number of carboxylic acids is 1. The van der Waals surface area contributed by atoms with Crippen LogP contribution in [0.1, 0.15) is 34.8 Å². The van der Waals surface area contributed by atoms with E-state index < -0.39 is 11.9 Å². The van der Waals surface area contributed by atoms with Gasteiger partial charge in [-0.15, -0.1) is 0 Å². The molecule has 4 nitrogen and oxygen atoms in total. The highest BCUT2D eigenvalue weighted by Gasteiger charge is 2.12. The van der Waals surface area contributed by atoms with Gasteiger partial charge >= 0.3 is 5.97 Å². The molecule has 17 heavy (non-hydrogen) atoms. The van der Waals surface area contributed by atoms with E-state index in [1.807, 2.05) is 6.92 Å². The van der Waals surface area contributed by atoms with Gasteiger partial charge in [-0.05, 0) is 23.6 Å². The highest BCUT2D eigenvalue weighted by atomic mass is 16.4. The molecule has 90 valence electrons. The molecular weight excluding hydrogens is 218 g/mol. The van der Waals surface area contributed by atoms with Crippen LogP contribution < -0.4 is 5.73 Å². The molecule has 0 heterocycles. The Morgan fingerprint density at radius 2 is 2.06 bits per heavy atom. The molecule has 1 rings (SSSR count). The molecule has 1 aromatic carbocycles. The fourth-order valence-electron chi connectivity index (χ4n) is 1.61. The number of benzene rings is 1. The van der Waals surface area contributed by atoms with E-state index in [2.05, 4.69) is 6.58 Å². The fraction of sp³-hybridized carbons (Fsp3) is 0.231. The van der Waals surface area contributed by atoms with Crippen molar-refractivity contribution >= 4 is 17.4 Å². The molecule has 0 aliphatic heterocycles. The summed E-state index contributed by atoms with van der Waals surface area (Å²) >= 11 is 0. The number of carbonyl (C=O) groups is 2. The smallest absolute Gasteiger partial charge is 0.335 e. The molecule has 1 aromatic rings. The molecule has 0 saturated carbocycles. The van der Waals surface area contributed by atoms with Gasteiger partial charge in [0.05, 0.1) is 5.56 Å². The van der Waals surface area contributed by atoms with E-state index in [1.165, 1.54) is 6.07 Å². The summed E-state index contributed by atoms with van der Waals surface area (Å²) in [5.41, 5.74) is 6.86. The predicted octanol–water partition coefficient (Wildman–Crippen LogP) is 1.84. The number of aromatic carboxylic acids is 1. The predicted molar refractivity (Wildman–Crippen MR) is 65.6 cm³/mol. The van der Waals surface area contributed by atoms with Crippen molar-refractivity contribution in [2.75, 3.05) is 0 Å². The van der Waals surface area contributed by atoms with E-state index in [9.17, 15) is 9.59 Å². The molecule has 0 saturated heterocycles. The molecule has 0 aliphatic carbocycles. The average Bonchev–Trinajstić information content (AvgIpc) is 2.27. The summed E-state index contributed by atoms with van der Waals surface area (Å²) < 4.78 is 0. The lowest BCUT2D eigenvalue weighted by Crippen LogP contribution is -2.12. The highest BCUT2D eigenvalue weighted by Crippen LogP contribution is 2.19. The van der Waals surface area contributed by atoms with Crippen molar-refractivity contribution < 1.29 is 14.7 Å². The van der Waals surface area contributed by atoms with Crippen LogP contribution in [0.3, 0.4) is 0 Å². The number of hydrogen-bond acceptors (Lipinski definition) is 2. The van der Waals surface area contributed by atoms with E-state index >= 15 is 0 Å². The fourth-order valence-corrected chi connectivity index (χ4v) is 1.61. The van der Waals surface area contributed by atoms with Crippen LogP contribution in [-0.2, 0) is 11.2 Å². The second kappa shape index (κ2) is 5.30. The first-order valence-electron chi connectivity index (χ1n) is 5.32. The number of amides is 1. The topological polar surface area (TPSA) is 80.4 Å². The number of aryl methyl sites for hydroxylation is 1. The first-order chi connectivity index (χ1) is 7.97. The summed E-state index contributed by atoms with van der Waals surface area (Å²) in [6, 6.07) is 4.70. The van der Waals surface area contributed by atoms with Gasteiger partial charge in [0.15, 0.2) is 0 Å². The van der Waals surface area contributed by atoms with E-state index in [4.69, 9.17) is 10.8 Å². The van der Waals surface area contributed by atoms with Crippen molar-refractivity contribution in [3.05, 3.63) is 41.5 Å². The Bertz CT molecular complexity index is 478. The normalized spacial score (nSPS) is 9.94. The van der Waals surface area contributed by atoms with Gasteiger partial charge in [-0.25, -0.2) is 4.79 Å². The van der Waals surface area contributed by atoms with Crippen molar-refractivity contribution in [3.63, 3.8) is 0 Å². The monoisotopic (exact) mass is 233 g/mol. The Morgan fingerprint density at radius 1 is 1.41 bits per heavy atom. The third-order valence-corrected chi connectivity index (χ3v) is 2.50. The summed E-state index contributed by atoms with van der Waals surface area (Å²) in [6.07, 6.45) is 1.47. The number of hydrogen-bond donors (Lipinski definition) is 2. The highest BCUT2D eigenvalue weighted by molar-refractivity contribution is 6.18. The maximum atomic E-state index is 11.0. The van der Waals surface area contributed by atoms with Crippen LogP contribution >= 0.6 is 0 Å². The lowest BCUT2D eigenvalue weighted by Gasteiger charge is -2.08. The number of carbonyl (C=O) groups excluding carboxylic acids is 1. The minimum absolute atomic E-state index is 0.194. The van der Waals surface area contributed by atoms with E-state index in [1.54, 1.807) is 12.1 Å². The van der Waals surface area contributed by atoms with Gasteiger partial charge < -0.3 is 10.8 Å². The van der Waals surface area contributed by atoms with Gasteiger partial charge in [-0.2, -0.15) is 0 Å². The Balaban J connectivity index is 3.22. The number of rotatable bonds is 5. The van der Waals surface area contributed by atoms with E-state index in [0.29, 0.717) is 17.5 Å². The minimum atomic E-state index is -0.968. The maximum absolute atomic E-state index is 11.0. The van der Waals surface area contributed by atoms with Crippen molar-refractivity contribution in [1.29, 1.82) is 0 Å². The standard InChI is InChI=1S/C13H15NO3/c1-3-4-10-7-9(8(2)12(14)15)5-6-11(10)13(16)17/h5-7H,2-4H2,1H3,(H2,14,15)(H,16,17). The van der Waals surface area contributed by atoms with Crippen molar-refractivity contribution in [2.24, 2.45) is 5.73 Å². The molecule has 0 bridgehead atoms. The molecule has 0 aromatic heterocycles. The third kappa shape index (κ3) is 2.93. The number of carboxylic acid groups (broad SMARTS) is 1. The zero-order chi connectivity index (χ0) is 13.0. The molecule has 0 atom stereocenters. The molecule has 0 radical (unpaired) electrons. The van der Waals surface area contributed by atoms with Crippen molar-refractivity contribution in [2.45, 2.75) is 19.8 Å². The average molecular weight is 233 g/mol. The van der Waals surface area contributed by atoms with E-state index in [0.717, 1.165) is 6.42 Å². The second-order valence-corrected chi connectivity index (χ2v) is 3.77. The third-order valence-electron chi connectivity index (χ3n) is 2.50. The van der Waals surface area contributed by atoms with Crippen LogP contribution in [0.15, 0.2) is 24.8 Å². The van der Waals surface area contributed by atoms with Crippen LogP contribution in [0.4, 0.5) is 0 Å². The van der Waals surface area contributed by atoms with Crippen LogP contribution in [0.2, 0.25) is 0 Å². The second-order valence-electron chi connectivity index (χ2n) is 3.77. The zero-order valence-corrected chi connectivity index (χ0v) is 9.69. The lowest BCUT2D eigenvalue weighted by molar-refractivity contribution is -0.112. The maximum Gasteiger partial charge on any atom is 0.335 e. The summed E-state index contributed by atoms with van der Waals surface area (Å²) in [7, 11) is 0. The largest absolute Gasteiger partial charge is 0.478 e. The SMILES string of the molecule is C=C(C(N)=O)c1ccc(C(=O)O)c(CCC)c1. The van der Waals surface area contributed by atoms with Gasteiger partial charge in [0.1, 0.15) is 0 Å². The van der Waals surface area contributed by atoms with Crippen LogP contribution in [-0.4, -0.2) is 17.0 Å². The Kier molecular flexibility index (Phi) is 4.04. The van der Waals surface area contributed by atoms with Crippen LogP contribution in [0.25, 0.3) is 5.57 Å². The molecule has 0 fully saturated rings. The zero-order valence-electron chi connectivity index (χ0n) is 9.69. The Labute approximate surface area is 99.8 Å². The van der Waals surface area contributed by atoms with Gasteiger partial charge in [0.25, 0.3) is 0 Å². The molecule has 0 aliphatic rings. The van der Waals surface area contributed by atoms with E-state index in [-0.39, 0.29) is 11.1 Å². The Hall–Kier alpha value is -2.10. The summed E-state index contributed by atoms with van der Waals surface area (Å²) in [5.74, 6) is -1.57. The minimum Gasteiger partial charge on any atom is -0.478 e. The first kappa shape index (κ1) is 13.0. The number of primary amides is 1. The van der Waals surface area contributed by atoms with Crippen LogP contribution in [0.5, 0.6) is 0 Å². The summed E-state index contributed by atoms with van der Waals surface area (Å²) in [6.45, 7) is 5.54. The molecule has 1 amide bonds. The quantitative estimate of drug-likeness (QED) is 0.761. The molecule has 4 heteroatoms. The van der Waals surface area contributed by atoms with Gasteiger partial charge in [-0.1, -0.05) is 32.1 Å². The van der Waals surface area contributed by atoms with Gasteiger partial charge in [0.2, 0.25) is 5.91 Å². The van der Waals surface area contributed by atoms with Gasteiger partial charge in [0, 0.05) is 5.57 Å². The molecule has 3 N–H and O–H groups in total. The summed E-state index contributed by atoms with van der Waals surface area (Å²) in [5, 5.41) is 9.02. The van der Waals surface area contributed by atoms with Crippen molar-refractivity contribution in [3.8, 4) is 0 Å². The first-order valence-corrected chi connectivity index (χ1v) is 5.32. The summed E-state index contributed by atoms with van der Waals surface area (Å²) in [4.78, 5) is 22.0. The van der Waals surface area contributed by atoms with Crippen LogP contribution in [0, 0.1) is 0 Å². The lowest BCUT2D eigenvalue weighted by atomic mass is 9.97. The number of nitrogens with two attached hydrogens (primary N) is 1. The van der Waals surface area contributed by atoms with Gasteiger partial charge in [-0.3, -0.25) is 4.79 Å². The van der Waals surface area contributed by atoms with Crippen molar-refractivity contribution in [1.82, 2.24) is 0 Å². The molecule has 0 unspecified atom stereocenters. The molecular formula is C13H15NO3.